The van der Waals surface area contributed by atoms with E-state index in [9.17, 15) is 13.8 Å². The first-order valence-electron chi connectivity index (χ1n) is 8.20. The standard InChI is InChI=1S/C19H22N2O4S/c20-19(23)17(11-12-26(24)16-9-5-2-6-10-16)21-18(22)14-25-13-15-7-3-1-4-8-15/h1-10,17H,11-14H2,(H2,20,23)(H,21,22)/t17-,26-/m1/s1. The van der Waals surface area contributed by atoms with Crippen LogP contribution in [0, 0.1) is 0 Å². The molecule has 2 atom stereocenters. The van der Waals surface area contributed by atoms with Crippen LogP contribution in [-0.4, -0.2) is 34.4 Å². The van der Waals surface area contributed by atoms with Crippen LogP contribution in [0.4, 0.5) is 0 Å². The zero-order valence-corrected chi connectivity index (χ0v) is 15.1. The molecule has 2 aromatic carbocycles. The molecule has 0 saturated heterocycles. The highest BCUT2D eigenvalue weighted by Gasteiger charge is 2.19. The van der Waals surface area contributed by atoms with Gasteiger partial charge < -0.3 is 15.8 Å². The van der Waals surface area contributed by atoms with E-state index in [2.05, 4.69) is 5.32 Å². The lowest BCUT2D eigenvalue weighted by atomic mass is 10.2. The molecule has 2 aromatic rings. The summed E-state index contributed by atoms with van der Waals surface area (Å²) in [6, 6.07) is 17.5. The Hall–Kier alpha value is -2.51. The summed E-state index contributed by atoms with van der Waals surface area (Å²) in [5.74, 6) is -0.871. The van der Waals surface area contributed by atoms with E-state index in [1.54, 1.807) is 24.3 Å². The Balaban J connectivity index is 1.77. The van der Waals surface area contributed by atoms with Crippen LogP contribution < -0.4 is 11.1 Å². The maximum absolute atomic E-state index is 12.2. The van der Waals surface area contributed by atoms with Gasteiger partial charge in [-0.1, -0.05) is 48.5 Å². The molecule has 26 heavy (non-hydrogen) atoms. The number of hydrogen-bond acceptors (Lipinski definition) is 4. The van der Waals surface area contributed by atoms with Gasteiger partial charge in [0.1, 0.15) is 12.6 Å². The van der Waals surface area contributed by atoms with Gasteiger partial charge in [0.25, 0.3) is 0 Å². The van der Waals surface area contributed by atoms with Crippen molar-refractivity contribution in [3.63, 3.8) is 0 Å². The summed E-state index contributed by atoms with van der Waals surface area (Å²) in [7, 11) is -1.26. The van der Waals surface area contributed by atoms with Gasteiger partial charge in [0.15, 0.2) is 0 Å². The minimum Gasteiger partial charge on any atom is -0.368 e. The molecule has 0 aliphatic carbocycles. The second kappa shape index (κ2) is 10.5. The molecular formula is C19H22N2O4S. The van der Waals surface area contributed by atoms with Crippen LogP contribution in [0.1, 0.15) is 12.0 Å². The van der Waals surface area contributed by atoms with E-state index in [1.165, 1.54) is 0 Å². The van der Waals surface area contributed by atoms with Crippen molar-refractivity contribution in [1.82, 2.24) is 5.32 Å². The van der Waals surface area contributed by atoms with Gasteiger partial charge in [-0.2, -0.15) is 0 Å². The van der Waals surface area contributed by atoms with Gasteiger partial charge in [-0.15, -0.1) is 0 Å². The number of primary amides is 1. The Morgan fingerprint density at radius 2 is 1.65 bits per heavy atom. The Kier molecular flexibility index (Phi) is 7.98. The maximum atomic E-state index is 12.2. The van der Waals surface area contributed by atoms with E-state index in [1.807, 2.05) is 36.4 Å². The highest BCUT2D eigenvalue weighted by Crippen LogP contribution is 2.08. The number of ether oxygens (including phenoxy) is 1. The monoisotopic (exact) mass is 374 g/mol. The number of amides is 2. The second-order valence-electron chi connectivity index (χ2n) is 5.65. The van der Waals surface area contributed by atoms with Gasteiger partial charge in [0.05, 0.1) is 17.4 Å². The largest absolute Gasteiger partial charge is 0.368 e. The third-order valence-corrected chi connectivity index (χ3v) is 5.03. The van der Waals surface area contributed by atoms with E-state index in [0.29, 0.717) is 11.5 Å². The van der Waals surface area contributed by atoms with E-state index >= 15 is 0 Å². The predicted molar refractivity (Wildman–Crippen MR) is 99.6 cm³/mol. The lowest BCUT2D eigenvalue weighted by Crippen LogP contribution is -2.46. The van der Waals surface area contributed by atoms with Gasteiger partial charge in [-0.3, -0.25) is 13.8 Å². The first kappa shape index (κ1) is 19.8. The van der Waals surface area contributed by atoms with Crippen LogP contribution >= 0.6 is 0 Å². The molecule has 7 heteroatoms. The zero-order chi connectivity index (χ0) is 18.8. The summed E-state index contributed by atoms with van der Waals surface area (Å²) < 4.78 is 17.5. The molecule has 6 nitrogen and oxygen atoms in total. The molecule has 0 unspecified atom stereocenters. The summed E-state index contributed by atoms with van der Waals surface area (Å²) >= 11 is 0. The second-order valence-corrected chi connectivity index (χ2v) is 7.22. The van der Waals surface area contributed by atoms with Crippen molar-refractivity contribution >= 4 is 22.6 Å². The van der Waals surface area contributed by atoms with Crippen molar-refractivity contribution in [2.75, 3.05) is 12.4 Å². The summed E-state index contributed by atoms with van der Waals surface area (Å²) in [6.45, 7) is 0.119. The highest BCUT2D eigenvalue weighted by atomic mass is 32.2. The number of benzene rings is 2. The van der Waals surface area contributed by atoms with E-state index in [0.717, 1.165) is 5.56 Å². The van der Waals surface area contributed by atoms with Crippen molar-refractivity contribution in [2.24, 2.45) is 5.73 Å². The van der Waals surface area contributed by atoms with Crippen LogP contribution in [0.3, 0.4) is 0 Å². The first-order valence-corrected chi connectivity index (χ1v) is 9.52. The van der Waals surface area contributed by atoms with Gasteiger partial charge in [0, 0.05) is 10.6 Å². The molecule has 0 radical (unpaired) electrons. The van der Waals surface area contributed by atoms with Crippen molar-refractivity contribution in [1.29, 1.82) is 0 Å². The van der Waals surface area contributed by atoms with E-state index in [4.69, 9.17) is 10.5 Å². The molecular weight excluding hydrogens is 352 g/mol. The maximum Gasteiger partial charge on any atom is 0.246 e. The fraction of sp³-hybridized carbons (Fsp3) is 0.263. The molecule has 0 heterocycles. The van der Waals surface area contributed by atoms with Gasteiger partial charge >= 0.3 is 0 Å². The average Bonchev–Trinajstić information content (AvgIpc) is 2.66. The number of carbonyl (C=O) groups is 2. The first-order chi connectivity index (χ1) is 12.6. The van der Waals surface area contributed by atoms with Crippen molar-refractivity contribution < 1.29 is 18.5 Å². The fourth-order valence-electron chi connectivity index (χ4n) is 2.27. The lowest BCUT2D eigenvalue weighted by molar-refractivity contribution is -0.130. The van der Waals surface area contributed by atoms with Gasteiger partial charge in [0.2, 0.25) is 11.8 Å². The van der Waals surface area contributed by atoms with Gasteiger partial charge in [-0.05, 0) is 24.1 Å². The fourth-order valence-corrected chi connectivity index (χ4v) is 3.42. The molecule has 138 valence electrons. The molecule has 0 aromatic heterocycles. The highest BCUT2D eigenvalue weighted by molar-refractivity contribution is 7.85. The van der Waals surface area contributed by atoms with Crippen molar-refractivity contribution in [3.05, 3.63) is 66.2 Å². The minimum absolute atomic E-state index is 0.180. The number of hydrogen-bond donors (Lipinski definition) is 2. The normalized spacial score (nSPS) is 12.9. The molecule has 0 fully saturated rings. The van der Waals surface area contributed by atoms with E-state index in [-0.39, 0.29) is 18.8 Å². The Bertz CT molecular complexity index is 738. The topological polar surface area (TPSA) is 98.5 Å². The molecule has 0 bridgehead atoms. The number of nitrogens with two attached hydrogens (primary N) is 1. The number of nitrogens with one attached hydrogen (secondary N) is 1. The summed E-state index contributed by atoms with van der Waals surface area (Å²) in [5, 5.41) is 2.54. The minimum atomic E-state index is -1.26. The third-order valence-electron chi connectivity index (χ3n) is 3.62. The van der Waals surface area contributed by atoms with Crippen molar-refractivity contribution in [2.45, 2.75) is 24.0 Å². The third kappa shape index (κ3) is 6.78. The lowest BCUT2D eigenvalue weighted by Gasteiger charge is -2.15. The Morgan fingerprint density at radius 1 is 1.04 bits per heavy atom. The molecule has 0 spiro atoms. The molecule has 0 saturated carbocycles. The molecule has 3 N–H and O–H groups in total. The summed E-state index contributed by atoms with van der Waals surface area (Å²) in [5.41, 5.74) is 6.29. The molecule has 0 aliphatic heterocycles. The number of carbonyl (C=O) groups excluding carboxylic acids is 2. The zero-order valence-electron chi connectivity index (χ0n) is 14.3. The van der Waals surface area contributed by atoms with Crippen LogP contribution in [0.5, 0.6) is 0 Å². The van der Waals surface area contributed by atoms with Gasteiger partial charge in [-0.25, -0.2) is 0 Å². The summed E-state index contributed by atoms with van der Waals surface area (Å²) in [4.78, 5) is 24.2. The SMILES string of the molecule is NC(=O)[C@@H](CC[S@@](=O)c1ccccc1)NC(=O)COCc1ccccc1. The quantitative estimate of drug-likeness (QED) is 0.656. The van der Waals surface area contributed by atoms with Crippen LogP contribution in [0.2, 0.25) is 0 Å². The van der Waals surface area contributed by atoms with Crippen LogP contribution in [-0.2, 0) is 31.7 Å². The Morgan fingerprint density at radius 3 is 2.27 bits per heavy atom. The van der Waals surface area contributed by atoms with Crippen LogP contribution in [0.15, 0.2) is 65.6 Å². The Labute approximate surface area is 155 Å². The molecule has 0 aliphatic rings. The summed E-state index contributed by atoms with van der Waals surface area (Å²) in [6.07, 6.45) is 0.196. The molecule has 2 amide bonds. The van der Waals surface area contributed by atoms with E-state index < -0.39 is 28.7 Å². The smallest absolute Gasteiger partial charge is 0.246 e. The predicted octanol–water partition coefficient (Wildman–Crippen LogP) is 1.37. The van der Waals surface area contributed by atoms with Crippen LogP contribution in [0.25, 0.3) is 0 Å². The average molecular weight is 374 g/mol. The van der Waals surface area contributed by atoms with Crippen molar-refractivity contribution in [3.8, 4) is 0 Å². The number of rotatable bonds is 10. The molecule has 2 rings (SSSR count).